The molecule has 1 aromatic heterocycles. The highest BCUT2D eigenvalue weighted by Gasteiger charge is 2.10. The zero-order valence-corrected chi connectivity index (χ0v) is 13.0. The van der Waals surface area contributed by atoms with Crippen LogP contribution < -0.4 is 0 Å². The van der Waals surface area contributed by atoms with Crippen molar-refractivity contribution in [2.24, 2.45) is 0 Å². The number of rotatable bonds is 3. The predicted molar refractivity (Wildman–Crippen MR) is 78.5 cm³/mol. The van der Waals surface area contributed by atoms with Crippen LogP contribution in [-0.4, -0.2) is 0 Å². The molecule has 0 N–H and O–H groups in total. The molecule has 1 atom stereocenters. The van der Waals surface area contributed by atoms with E-state index in [0.29, 0.717) is 0 Å². The van der Waals surface area contributed by atoms with E-state index in [0.717, 1.165) is 20.9 Å². The number of alkyl halides is 1. The monoisotopic (exact) mass is 378 g/mol. The van der Waals surface area contributed by atoms with Crippen molar-refractivity contribution in [3.63, 3.8) is 0 Å². The molecule has 1 aromatic carbocycles. The molecule has 0 saturated heterocycles. The van der Waals surface area contributed by atoms with E-state index in [1.807, 2.05) is 6.07 Å². The van der Waals surface area contributed by atoms with Crippen LogP contribution in [0.4, 0.5) is 0 Å². The third-order valence-corrected chi connectivity index (χ3v) is 4.30. The Morgan fingerprint density at radius 2 is 1.88 bits per heavy atom. The zero-order chi connectivity index (χ0) is 11.5. The van der Waals surface area contributed by atoms with E-state index in [9.17, 15) is 0 Å². The maximum atomic E-state index is 6.40. The minimum Gasteiger partial charge on any atom is -0.152 e. The average molecular weight is 381 g/mol. The quantitative estimate of drug-likeness (QED) is 0.591. The van der Waals surface area contributed by atoms with E-state index in [1.165, 1.54) is 5.56 Å². The third-order valence-electron chi connectivity index (χ3n) is 2.24. The Kier molecular flexibility index (Phi) is 4.48. The van der Waals surface area contributed by atoms with Gasteiger partial charge in [0.2, 0.25) is 0 Å². The molecule has 4 heteroatoms. The molecule has 1 unspecified atom stereocenters. The molecule has 1 heterocycles. The lowest BCUT2D eigenvalue weighted by Crippen LogP contribution is -1.94. The summed E-state index contributed by atoms with van der Waals surface area (Å²) in [5, 5.41) is 4.24. The number of halogens is 3. The van der Waals surface area contributed by atoms with E-state index in [1.54, 1.807) is 11.3 Å². The first-order chi connectivity index (χ1) is 7.65. The van der Waals surface area contributed by atoms with Gasteiger partial charge in [-0.15, -0.1) is 11.6 Å². The minimum atomic E-state index is 0.0170. The normalized spacial score (nSPS) is 12.7. The molecule has 2 aromatic rings. The summed E-state index contributed by atoms with van der Waals surface area (Å²) in [4.78, 5) is 0. The van der Waals surface area contributed by atoms with E-state index in [4.69, 9.17) is 11.6 Å². The lowest BCUT2D eigenvalue weighted by atomic mass is 10.1. The van der Waals surface area contributed by atoms with Gasteiger partial charge in [-0.2, -0.15) is 11.3 Å². The molecular weight excluding hydrogens is 371 g/mol. The van der Waals surface area contributed by atoms with Gasteiger partial charge in [-0.05, 0) is 52.6 Å². The van der Waals surface area contributed by atoms with Crippen LogP contribution in [0, 0.1) is 0 Å². The minimum absolute atomic E-state index is 0.0170. The van der Waals surface area contributed by atoms with Crippen molar-refractivity contribution >= 4 is 54.8 Å². The highest BCUT2D eigenvalue weighted by atomic mass is 79.9. The number of hydrogen-bond donors (Lipinski definition) is 0. The van der Waals surface area contributed by atoms with E-state index < -0.39 is 0 Å². The van der Waals surface area contributed by atoms with Gasteiger partial charge in [-0.3, -0.25) is 0 Å². The SMILES string of the molecule is ClC(Cc1ccsc1)c1cc(Br)cc(Br)c1. The second-order valence-electron chi connectivity index (χ2n) is 3.51. The van der Waals surface area contributed by atoms with Crippen molar-refractivity contribution in [2.75, 3.05) is 0 Å². The first-order valence-electron chi connectivity index (χ1n) is 4.76. The molecule has 0 radical (unpaired) electrons. The van der Waals surface area contributed by atoms with Crippen LogP contribution in [0.1, 0.15) is 16.5 Å². The summed E-state index contributed by atoms with van der Waals surface area (Å²) in [6.45, 7) is 0. The molecule has 0 bridgehead atoms. The maximum absolute atomic E-state index is 6.40. The average Bonchev–Trinajstić information content (AvgIpc) is 2.68. The Bertz CT molecular complexity index is 448. The topological polar surface area (TPSA) is 0 Å². The number of benzene rings is 1. The zero-order valence-electron chi connectivity index (χ0n) is 8.29. The largest absolute Gasteiger partial charge is 0.152 e. The molecule has 0 aliphatic heterocycles. The summed E-state index contributed by atoms with van der Waals surface area (Å²) < 4.78 is 2.10. The summed E-state index contributed by atoms with van der Waals surface area (Å²) in [6, 6.07) is 8.26. The van der Waals surface area contributed by atoms with Gasteiger partial charge in [0, 0.05) is 8.95 Å². The maximum Gasteiger partial charge on any atom is 0.0626 e. The van der Waals surface area contributed by atoms with Crippen molar-refractivity contribution in [3.8, 4) is 0 Å². The highest BCUT2D eigenvalue weighted by Crippen LogP contribution is 2.30. The molecular formula is C12H9Br2ClS. The first kappa shape index (κ1) is 12.6. The molecule has 0 saturated carbocycles. The molecule has 2 rings (SSSR count). The van der Waals surface area contributed by atoms with Crippen LogP contribution in [0.15, 0.2) is 44.0 Å². The van der Waals surface area contributed by atoms with Crippen molar-refractivity contribution in [2.45, 2.75) is 11.8 Å². The standard InChI is InChI=1S/C12H9Br2ClS/c13-10-4-9(5-11(14)6-10)12(15)3-8-1-2-16-7-8/h1-2,4-7,12H,3H2. The van der Waals surface area contributed by atoms with Gasteiger partial charge in [0.1, 0.15) is 0 Å². The third kappa shape index (κ3) is 3.33. The van der Waals surface area contributed by atoms with Gasteiger partial charge >= 0.3 is 0 Å². The molecule has 84 valence electrons. The lowest BCUT2D eigenvalue weighted by Gasteiger charge is -2.10. The molecule has 0 nitrogen and oxygen atoms in total. The molecule has 0 spiro atoms. The van der Waals surface area contributed by atoms with Crippen LogP contribution in [0.25, 0.3) is 0 Å². The van der Waals surface area contributed by atoms with Crippen molar-refractivity contribution in [3.05, 3.63) is 55.1 Å². The van der Waals surface area contributed by atoms with E-state index in [-0.39, 0.29) is 5.38 Å². The smallest absolute Gasteiger partial charge is 0.0626 e. The molecule has 0 aliphatic carbocycles. The molecule has 0 aliphatic rings. The Labute approximate surface area is 121 Å². The molecule has 0 amide bonds. The second-order valence-corrected chi connectivity index (χ2v) is 6.64. The summed E-state index contributed by atoms with van der Waals surface area (Å²) >= 11 is 15.1. The summed E-state index contributed by atoms with van der Waals surface area (Å²) in [5.74, 6) is 0. The van der Waals surface area contributed by atoms with Crippen LogP contribution in [-0.2, 0) is 6.42 Å². The Hall–Kier alpha value is 0.170. The van der Waals surface area contributed by atoms with Crippen molar-refractivity contribution < 1.29 is 0 Å². The fraction of sp³-hybridized carbons (Fsp3) is 0.167. The van der Waals surface area contributed by atoms with E-state index in [2.05, 4.69) is 60.8 Å². The second kappa shape index (κ2) is 5.67. The van der Waals surface area contributed by atoms with Gasteiger partial charge in [-0.1, -0.05) is 31.9 Å². The van der Waals surface area contributed by atoms with Gasteiger partial charge < -0.3 is 0 Å². The van der Waals surface area contributed by atoms with Gasteiger partial charge in [0.15, 0.2) is 0 Å². The Morgan fingerprint density at radius 1 is 1.19 bits per heavy atom. The van der Waals surface area contributed by atoms with Gasteiger partial charge in [-0.25, -0.2) is 0 Å². The lowest BCUT2D eigenvalue weighted by molar-refractivity contribution is 0.922. The summed E-state index contributed by atoms with van der Waals surface area (Å²) in [7, 11) is 0. The fourth-order valence-corrected chi connectivity index (χ4v) is 3.80. The predicted octanol–water partition coefficient (Wildman–Crippen LogP) is 5.80. The Morgan fingerprint density at radius 3 is 2.44 bits per heavy atom. The molecule has 0 fully saturated rings. The van der Waals surface area contributed by atoms with Crippen molar-refractivity contribution in [1.82, 2.24) is 0 Å². The summed E-state index contributed by atoms with van der Waals surface area (Å²) in [6.07, 6.45) is 0.869. The summed E-state index contributed by atoms with van der Waals surface area (Å²) in [5.41, 5.74) is 2.43. The van der Waals surface area contributed by atoms with Gasteiger partial charge in [0.25, 0.3) is 0 Å². The number of hydrogen-bond acceptors (Lipinski definition) is 1. The van der Waals surface area contributed by atoms with Crippen LogP contribution in [0.3, 0.4) is 0 Å². The Balaban J connectivity index is 2.17. The van der Waals surface area contributed by atoms with E-state index >= 15 is 0 Å². The number of thiophene rings is 1. The van der Waals surface area contributed by atoms with Crippen LogP contribution >= 0.6 is 54.8 Å². The van der Waals surface area contributed by atoms with Gasteiger partial charge in [0.05, 0.1) is 5.38 Å². The van der Waals surface area contributed by atoms with Crippen molar-refractivity contribution in [1.29, 1.82) is 0 Å². The van der Waals surface area contributed by atoms with Crippen LogP contribution in [0.5, 0.6) is 0 Å². The highest BCUT2D eigenvalue weighted by molar-refractivity contribution is 9.11. The van der Waals surface area contributed by atoms with Crippen LogP contribution in [0.2, 0.25) is 0 Å². The first-order valence-corrected chi connectivity index (χ1v) is 7.73. The molecule has 16 heavy (non-hydrogen) atoms. The fourth-order valence-electron chi connectivity index (χ4n) is 1.49.